The van der Waals surface area contributed by atoms with Crippen LogP contribution in [-0.2, 0) is 6.18 Å². The number of carbonyl (C=O) groups is 1. The minimum absolute atomic E-state index is 0.0760. The van der Waals surface area contributed by atoms with E-state index in [0.717, 1.165) is 24.3 Å². The fraction of sp³-hybridized carbons (Fsp3) is 0.250. The molecule has 0 saturated heterocycles. The lowest BCUT2D eigenvalue weighted by Gasteiger charge is -2.11. The maximum atomic E-state index is 12.6. The van der Waals surface area contributed by atoms with Gasteiger partial charge in [0.25, 0.3) is 5.91 Å². The van der Waals surface area contributed by atoms with Crippen LogP contribution >= 0.6 is 0 Å². The number of halogens is 3. The topological polar surface area (TPSA) is 86.5 Å². The van der Waals surface area contributed by atoms with E-state index >= 15 is 0 Å². The Morgan fingerprint density at radius 3 is 2.20 bits per heavy atom. The molecule has 0 fully saturated rings. The number of methoxy groups -OCH3 is 2. The average Bonchev–Trinajstić information content (AvgIpc) is 3.23. The van der Waals surface area contributed by atoms with E-state index in [0.29, 0.717) is 17.1 Å². The van der Waals surface area contributed by atoms with Crippen LogP contribution < -0.4 is 14.8 Å². The van der Waals surface area contributed by atoms with Crippen molar-refractivity contribution < 1.29 is 32.0 Å². The van der Waals surface area contributed by atoms with Crippen molar-refractivity contribution in [2.75, 3.05) is 14.2 Å². The molecule has 0 bridgehead atoms. The zero-order chi connectivity index (χ0) is 21.9. The van der Waals surface area contributed by atoms with Gasteiger partial charge in [0.1, 0.15) is 17.5 Å². The Morgan fingerprint density at radius 1 is 1.07 bits per heavy atom. The predicted molar refractivity (Wildman–Crippen MR) is 100 cm³/mol. The maximum Gasteiger partial charge on any atom is 0.416 e. The molecule has 1 aromatic heterocycles. The molecule has 1 atom stereocenters. The van der Waals surface area contributed by atoms with E-state index in [2.05, 4.69) is 15.5 Å². The summed E-state index contributed by atoms with van der Waals surface area (Å²) in [6.45, 7) is 1.62. The molecular weight excluding hydrogens is 403 g/mol. The molecule has 10 heteroatoms. The van der Waals surface area contributed by atoms with Gasteiger partial charge in [-0.1, -0.05) is 5.16 Å². The fourth-order valence-electron chi connectivity index (χ4n) is 2.62. The van der Waals surface area contributed by atoms with Crippen LogP contribution in [0.15, 0.2) is 47.0 Å². The van der Waals surface area contributed by atoms with E-state index in [-0.39, 0.29) is 17.3 Å². The third-order valence-corrected chi connectivity index (χ3v) is 4.24. The first-order valence-electron chi connectivity index (χ1n) is 8.76. The van der Waals surface area contributed by atoms with Crippen molar-refractivity contribution in [2.45, 2.75) is 19.1 Å². The predicted octanol–water partition coefficient (Wildman–Crippen LogP) is 4.26. The molecule has 30 heavy (non-hydrogen) atoms. The standard InChI is InChI=1S/C20H18F3N3O4/c1-11(24-18(27)12-4-6-14(7-5-12)20(21,22)23)19-25-17(26-30-19)13-8-15(28-2)10-16(9-13)29-3/h4-11H,1-3H3,(H,24,27)/t11-/m0/s1. The van der Waals surface area contributed by atoms with Crippen molar-refractivity contribution in [2.24, 2.45) is 0 Å². The largest absolute Gasteiger partial charge is 0.497 e. The molecule has 3 aromatic rings. The molecule has 0 aliphatic carbocycles. The van der Waals surface area contributed by atoms with Crippen LogP contribution in [0, 0.1) is 0 Å². The number of benzene rings is 2. The van der Waals surface area contributed by atoms with Crippen LogP contribution in [0.25, 0.3) is 11.4 Å². The molecule has 1 N–H and O–H groups in total. The highest BCUT2D eigenvalue weighted by molar-refractivity contribution is 5.94. The third kappa shape index (κ3) is 4.70. The first-order chi connectivity index (χ1) is 14.2. The Labute approximate surface area is 169 Å². The summed E-state index contributed by atoms with van der Waals surface area (Å²) in [6, 6.07) is 8.32. The monoisotopic (exact) mass is 421 g/mol. The van der Waals surface area contributed by atoms with Crippen LogP contribution in [0.1, 0.15) is 34.8 Å². The van der Waals surface area contributed by atoms with Crippen LogP contribution in [0.2, 0.25) is 0 Å². The minimum atomic E-state index is -4.47. The normalized spacial score (nSPS) is 12.3. The molecule has 1 amide bonds. The molecule has 3 rings (SSSR count). The summed E-state index contributed by atoms with van der Waals surface area (Å²) in [5.74, 6) is 0.905. The third-order valence-electron chi connectivity index (χ3n) is 4.24. The van der Waals surface area contributed by atoms with Gasteiger partial charge in [-0.2, -0.15) is 18.2 Å². The summed E-state index contributed by atoms with van der Waals surface area (Å²) in [7, 11) is 3.03. The molecule has 158 valence electrons. The van der Waals surface area contributed by atoms with E-state index in [4.69, 9.17) is 14.0 Å². The zero-order valence-corrected chi connectivity index (χ0v) is 16.3. The lowest BCUT2D eigenvalue weighted by molar-refractivity contribution is -0.137. The molecule has 0 spiro atoms. The summed E-state index contributed by atoms with van der Waals surface area (Å²) < 4.78 is 53.6. The molecule has 0 radical (unpaired) electrons. The van der Waals surface area contributed by atoms with Gasteiger partial charge in [0, 0.05) is 17.2 Å². The lowest BCUT2D eigenvalue weighted by atomic mass is 10.1. The molecule has 1 heterocycles. The van der Waals surface area contributed by atoms with Crippen molar-refractivity contribution in [1.82, 2.24) is 15.5 Å². The molecule has 7 nitrogen and oxygen atoms in total. The summed E-state index contributed by atoms with van der Waals surface area (Å²) in [5.41, 5.74) is -0.169. The molecule has 0 aliphatic heterocycles. The first-order valence-corrected chi connectivity index (χ1v) is 8.76. The summed E-state index contributed by atoms with van der Waals surface area (Å²) >= 11 is 0. The number of nitrogens with zero attached hydrogens (tertiary/aromatic N) is 2. The number of hydrogen-bond acceptors (Lipinski definition) is 6. The van der Waals surface area contributed by atoms with Crippen LogP contribution in [-0.4, -0.2) is 30.3 Å². The number of hydrogen-bond donors (Lipinski definition) is 1. The highest BCUT2D eigenvalue weighted by Crippen LogP contribution is 2.30. The van der Waals surface area contributed by atoms with E-state index in [1.807, 2.05) is 0 Å². The van der Waals surface area contributed by atoms with Crippen LogP contribution in [0.5, 0.6) is 11.5 Å². The molecule has 0 unspecified atom stereocenters. The Bertz CT molecular complexity index is 1010. The number of nitrogens with one attached hydrogen (secondary N) is 1. The number of carbonyl (C=O) groups excluding carboxylic acids is 1. The first kappa shape index (κ1) is 21.2. The van der Waals surface area contributed by atoms with Crippen molar-refractivity contribution >= 4 is 5.91 Å². The second-order valence-corrected chi connectivity index (χ2v) is 6.33. The van der Waals surface area contributed by atoms with Gasteiger partial charge in [0.05, 0.1) is 19.8 Å². The average molecular weight is 421 g/mol. The number of rotatable bonds is 6. The molecular formula is C20H18F3N3O4. The van der Waals surface area contributed by atoms with E-state index < -0.39 is 23.7 Å². The Morgan fingerprint density at radius 2 is 1.67 bits per heavy atom. The van der Waals surface area contributed by atoms with E-state index in [1.165, 1.54) is 14.2 Å². The number of ether oxygens (including phenoxy) is 2. The number of aromatic nitrogens is 2. The molecule has 0 aliphatic rings. The minimum Gasteiger partial charge on any atom is -0.497 e. The Hall–Kier alpha value is -3.56. The van der Waals surface area contributed by atoms with Gasteiger partial charge >= 0.3 is 6.18 Å². The highest BCUT2D eigenvalue weighted by atomic mass is 19.4. The summed E-state index contributed by atoms with van der Waals surface area (Å²) in [6.07, 6.45) is -4.47. The van der Waals surface area contributed by atoms with Crippen molar-refractivity contribution in [3.8, 4) is 22.9 Å². The van der Waals surface area contributed by atoms with E-state index in [1.54, 1.807) is 25.1 Å². The van der Waals surface area contributed by atoms with Crippen LogP contribution in [0.4, 0.5) is 13.2 Å². The van der Waals surface area contributed by atoms with Gasteiger partial charge in [0.15, 0.2) is 0 Å². The summed E-state index contributed by atoms with van der Waals surface area (Å²) in [5, 5.41) is 6.52. The second-order valence-electron chi connectivity index (χ2n) is 6.33. The van der Waals surface area contributed by atoms with Crippen molar-refractivity contribution in [3.05, 3.63) is 59.5 Å². The Balaban J connectivity index is 1.73. The van der Waals surface area contributed by atoms with Crippen molar-refractivity contribution in [3.63, 3.8) is 0 Å². The van der Waals surface area contributed by atoms with Gasteiger partial charge in [-0.25, -0.2) is 0 Å². The maximum absolute atomic E-state index is 12.6. The fourth-order valence-corrected chi connectivity index (χ4v) is 2.62. The van der Waals surface area contributed by atoms with Gasteiger partial charge in [-0.05, 0) is 43.3 Å². The van der Waals surface area contributed by atoms with Gasteiger partial charge in [-0.3, -0.25) is 4.79 Å². The van der Waals surface area contributed by atoms with Gasteiger partial charge in [-0.15, -0.1) is 0 Å². The smallest absolute Gasteiger partial charge is 0.416 e. The van der Waals surface area contributed by atoms with Gasteiger partial charge in [0.2, 0.25) is 11.7 Å². The van der Waals surface area contributed by atoms with Gasteiger partial charge < -0.3 is 19.3 Å². The highest BCUT2D eigenvalue weighted by Gasteiger charge is 2.30. The number of amides is 1. The summed E-state index contributed by atoms with van der Waals surface area (Å²) in [4.78, 5) is 16.6. The SMILES string of the molecule is COc1cc(OC)cc(-c2noc([C@H](C)NC(=O)c3ccc(C(F)(F)F)cc3)n2)c1. The molecule has 0 saturated carbocycles. The quantitative estimate of drug-likeness (QED) is 0.640. The molecule has 2 aromatic carbocycles. The lowest BCUT2D eigenvalue weighted by Crippen LogP contribution is -2.26. The second kappa shape index (κ2) is 8.44. The van der Waals surface area contributed by atoms with Crippen molar-refractivity contribution in [1.29, 1.82) is 0 Å². The van der Waals surface area contributed by atoms with Crippen LogP contribution in [0.3, 0.4) is 0 Å². The zero-order valence-electron chi connectivity index (χ0n) is 16.3. The Kier molecular flexibility index (Phi) is 5.95. The number of alkyl halides is 3. The van der Waals surface area contributed by atoms with E-state index in [9.17, 15) is 18.0 Å².